The largest absolute Gasteiger partial charge is 0.481 e. The van der Waals surface area contributed by atoms with E-state index in [0.717, 1.165) is 16.8 Å². The molecule has 1 saturated heterocycles. The van der Waals surface area contributed by atoms with Gasteiger partial charge in [0.25, 0.3) is 0 Å². The molecule has 4 amide bonds. The molecule has 20 nitrogen and oxygen atoms in total. The van der Waals surface area contributed by atoms with Gasteiger partial charge >= 0.3 is 12.1 Å². The number of nitrogens with one attached hydrogen (secondary N) is 4. The summed E-state index contributed by atoms with van der Waals surface area (Å²) in [5, 5.41) is 57.5. The van der Waals surface area contributed by atoms with Crippen molar-refractivity contribution in [2.45, 2.75) is 83.7 Å². The predicted octanol–water partition coefficient (Wildman–Crippen LogP) is 5.74. The standard InChI is InChI=1S/C61H64FN9O11/c1-59-21-20-44(73)26-47(59)48(62)27-45-46-25-40-30-71(33-61(40,51(75)31-72)60(46,2)28-50(74)55(45)59)43-16-10-35(11-17-43)22-38-4-3-5-42(23-38)67-58(81)82-32-37-8-14-41(15-9-37)66-57(80)49(18-19-54(78)79)68-53(77)29-63-52(76)24-36-6-12-39(13-7-36)56-69-64-34-65-70-56/h3-17,20-21,23,26,34,40,45-46,48-50,55,72,74H,18-19,22,24-25,27-33H2,1-2H3,(H,63,76)(H,66,80)(H,67,81)(H,68,77)(H,78,79)/t40-,45-,46-,48-,49-,50-,55+,59-,60-,61+/m0/s1. The van der Waals surface area contributed by atoms with E-state index in [1.54, 1.807) is 60.7 Å². The normalized spacial score (nSPS) is 26.2. The quantitative estimate of drug-likeness (QED) is 0.0519. The summed E-state index contributed by atoms with van der Waals surface area (Å²) >= 11 is 0. The molecule has 2 heterocycles. The van der Waals surface area contributed by atoms with Gasteiger partial charge in [0.05, 0.1) is 24.5 Å². The molecular weight excluding hydrogens is 1050 g/mol. The highest BCUT2D eigenvalue weighted by molar-refractivity contribution is 6.01. The first kappa shape index (κ1) is 56.7. The smallest absolute Gasteiger partial charge is 0.411 e. The SMILES string of the molecule is C[C@]12C=CC(=O)C=C1[C@@H](F)C[C@@H]1[C@@H]2[C@@H](O)C[C@@]2(C)[C@H]1C[C@H]1CN(c3ccc(Cc4cccc(NC(=O)OCc5ccc(NC(=O)[C@H](CCC(=O)O)NC(=O)CNC(=O)Cc6ccc(-c7nncnn7)cc6)cc5)c4)cc3)C[C@]12C(=O)CO. The number of rotatable bonds is 19. The maximum absolute atomic E-state index is 16.1. The molecule has 5 aliphatic rings. The topological polar surface area (TPSA) is 292 Å². The molecule has 1 aliphatic heterocycles. The number of ether oxygens (including phenoxy) is 1. The monoisotopic (exact) mass is 1120 g/mol. The third-order valence-electron chi connectivity index (χ3n) is 17.8. The van der Waals surface area contributed by atoms with Gasteiger partial charge in [-0.3, -0.25) is 34.1 Å². The van der Waals surface area contributed by atoms with Gasteiger partial charge in [-0.15, -0.1) is 20.4 Å². The van der Waals surface area contributed by atoms with Crippen molar-refractivity contribution in [1.82, 2.24) is 31.0 Å². The van der Waals surface area contributed by atoms with Crippen LogP contribution in [0.4, 0.5) is 26.2 Å². The Kier molecular flexibility index (Phi) is 16.2. The molecule has 10 rings (SSSR count). The molecule has 82 heavy (non-hydrogen) atoms. The summed E-state index contributed by atoms with van der Waals surface area (Å²) in [6, 6.07) is 27.4. The lowest BCUT2D eigenvalue weighted by Crippen LogP contribution is -2.61. The van der Waals surface area contributed by atoms with Crippen molar-refractivity contribution in [3.05, 3.63) is 149 Å². The summed E-state index contributed by atoms with van der Waals surface area (Å²) in [6.45, 7) is 3.75. The number of carboxylic acid groups (broad SMARTS) is 1. The second kappa shape index (κ2) is 23.5. The minimum absolute atomic E-state index is 0.0423. The number of allylic oxidation sites excluding steroid dienone is 4. The molecule has 7 N–H and O–H groups in total. The first-order chi connectivity index (χ1) is 39.3. The highest BCUT2D eigenvalue weighted by Gasteiger charge is 2.74. The van der Waals surface area contributed by atoms with Crippen LogP contribution in [0.1, 0.15) is 68.2 Å². The molecule has 21 heteroatoms. The molecule has 0 radical (unpaired) electrons. The van der Waals surface area contributed by atoms with Crippen molar-refractivity contribution in [3.63, 3.8) is 0 Å². The zero-order chi connectivity index (χ0) is 57.9. The number of carbonyl (C=O) groups excluding carboxylic acids is 6. The van der Waals surface area contributed by atoms with Gasteiger partial charge in [0.2, 0.25) is 23.5 Å². The molecule has 10 atom stereocenters. The Hall–Kier alpha value is -8.56. The number of Topliss-reactive ketones (excluding diaryl/α,β-unsaturated/α-hetero) is 1. The van der Waals surface area contributed by atoms with Gasteiger partial charge in [-0.1, -0.05) is 80.6 Å². The number of ketones is 2. The number of nitrogens with zero attached hydrogens (tertiary/aromatic N) is 5. The number of hydrogen-bond acceptors (Lipinski definition) is 15. The van der Waals surface area contributed by atoms with Crippen molar-refractivity contribution in [3.8, 4) is 11.4 Å². The predicted molar refractivity (Wildman–Crippen MR) is 297 cm³/mol. The van der Waals surface area contributed by atoms with Crippen molar-refractivity contribution >= 4 is 58.4 Å². The van der Waals surface area contributed by atoms with Crippen LogP contribution in [0.15, 0.2) is 127 Å². The van der Waals surface area contributed by atoms with E-state index < -0.39 is 83.9 Å². The number of aliphatic carboxylic acids is 1. The fourth-order valence-corrected chi connectivity index (χ4v) is 14.1. The number of alkyl halides is 1. The van der Waals surface area contributed by atoms with Gasteiger partial charge < -0.3 is 40.9 Å². The molecule has 4 fully saturated rings. The summed E-state index contributed by atoms with van der Waals surface area (Å²) in [5.41, 5.74) is 3.59. The van der Waals surface area contributed by atoms with E-state index in [1.807, 2.05) is 49.4 Å². The van der Waals surface area contributed by atoms with Crippen LogP contribution in [0.2, 0.25) is 0 Å². The van der Waals surface area contributed by atoms with Crippen LogP contribution >= 0.6 is 0 Å². The number of fused-ring (bicyclic) bond motifs is 7. The van der Waals surface area contributed by atoms with E-state index in [4.69, 9.17) is 4.74 Å². The van der Waals surface area contributed by atoms with Gasteiger partial charge in [-0.05, 0) is 132 Å². The fourth-order valence-electron chi connectivity index (χ4n) is 14.1. The highest BCUT2D eigenvalue weighted by Crippen LogP contribution is 2.73. The van der Waals surface area contributed by atoms with Crippen LogP contribution in [0, 0.1) is 39.9 Å². The number of carboxylic acids is 1. The molecule has 0 spiro atoms. The average Bonchev–Trinajstić information content (AvgIpc) is 4.14. The Labute approximate surface area is 472 Å². The minimum atomic E-state index is -1.33. The summed E-state index contributed by atoms with van der Waals surface area (Å²) in [6.07, 6.45) is 4.06. The zero-order valence-corrected chi connectivity index (χ0v) is 45.3. The van der Waals surface area contributed by atoms with Crippen LogP contribution in [-0.4, -0.2) is 122 Å². The van der Waals surface area contributed by atoms with Crippen molar-refractivity contribution in [2.24, 2.45) is 39.9 Å². The molecule has 3 saturated carbocycles. The van der Waals surface area contributed by atoms with Crippen LogP contribution in [-0.2, 0) is 53.0 Å². The number of aromatic nitrogens is 4. The number of halogens is 1. The van der Waals surface area contributed by atoms with Crippen LogP contribution in [0.3, 0.4) is 0 Å². The molecule has 0 unspecified atom stereocenters. The lowest BCUT2D eigenvalue weighted by molar-refractivity contribution is -0.160. The van der Waals surface area contributed by atoms with E-state index in [2.05, 4.69) is 53.5 Å². The Balaban J connectivity index is 0.688. The summed E-state index contributed by atoms with van der Waals surface area (Å²) < 4.78 is 21.6. The second-order valence-electron chi connectivity index (χ2n) is 22.7. The van der Waals surface area contributed by atoms with Crippen molar-refractivity contribution in [2.75, 3.05) is 41.8 Å². The van der Waals surface area contributed by atoms with E-state index in [-0.39, 0.29) is 61.1 Å². The van der Waals surface area contributed by atoms with Crippen LogP contribution in [0.5, 0.6) is 0 Å². The Morgan fingerprint density at radius 2 is 1.57 bits per heavy atom. The van der Waals surface area contributed by atoms with Gasteiger partial charge in [-0.25, -0.2) is 9.18 Å². The number of amides is 4. The number of aliphatic hydroxyl groups is 2. The van der Waals surface area contributed by atoms with Crippen LogP contribution < -0.4 is 26.2 Å². The number of benzene rings is 4. The number of carbonyl (C=O) groups is 7. The summed E-state index contributed by atoms with van der Waals surface area (Å²) in [5.74, 6) is -3.85. The molecule has 426 valence electrons. The Morgan fingerprint density at radius 3 is 2.29 bits per heavy atom. The average molecular weight is 1120 g/mol. The van der Waals surface area contributed by atoms with Crippen molar-refractivity contribution in [1.29, 1.82) is 0 Å². The van der Waals surface area contributed by atoms with E-state index in [0.29, 0.717) is 71.8 Å². The summed E-state index contributed by atoms with van der Waals surface area (Å²) in [4.78, 5) is 91.8. The molecule has 5 aromatic rings. The first-order valence-electron chi connectivity index (χ1n) is 27.4. The lowest BCUT2D eigenvalue weighted by Gasteiger charge is -2.60. The van der Waals surface area contributed by atoms with Gasteiger partial charge in [0.15, 0.2) is 17.9 Å². The third kappa shape index (κ3) is 11.5. The van der Waals surface area contributed by atoms with Crippen LogP contribution in [0.25, 0.3) is 11.4 Å². The maximum Gasteiger partial charge on any atom is 0.411 e. The number of hydrogen-bond donors (Lipinski definition) is 7. The third-order valence-corrected chi connectivity index (χ3v) is 17.8. The maximum atomic E-state index is 16.1. The fraction of sp³-hybridized carbons (Fsp3) is 0.393. The van der Waals surface area contributed by atoms with Gasteiger partial charge in [0.1, 0.15) is 25.4 Å². The molecular formula is C61H64FN9O11. The molecule has 1 aromatic heterocycles. The van der Waals surface area contributed by atoms with Gasteiger partial charge in [-0.2, -0.15) is 0 Å². The minimum Gasteiger partial charge on any atom is -0.481 e. The highest BCUT2D eigenvalue weighted by atomic mass is 19.1. The van der Waals surface area contributed by atoms with E-state index in [9.17, 15) is 48.9 Å². The Bertz CT molecular complexity index is 3330. The van der Waals surface area contributed by atoms with Gasteiger partial charge in [0, 0.05) is 53.5 Å². The Morgan fingerprint density at radius 1 is 0.854 bits per heavy atom. The van der Waals surface area contributed by atoms with E-state index in [1.165, 1.54) is 18.5 Å². The number of aliphatic hydroxyl groups excluding tert-OH is 2. The molecule has 4 aromatic carbocycles. The number of anilines is 3. The first-order valence-corrected chi connectivity index (χ1v) is 27.4. The molecule has 4 aliphatic carbocycles. The second-order valence-corrected chi connectivity index (χ2v) is 22.7. The van der Waals surface area contributed by atoms with E-state index >= 15 is 4.39 Å². The zero-order valence-electron chi connectivity index (χ0n) is 45.3. The summed E-state index contributed by atoms with van der Waals surface area (Å²) in [7, 11) is 0. The van der Waals surface area contributed by atoms with Crippen molar-refractivity contribution < 1.29 is 58.0 Å². The molecule has 0 bridgehead atoms. The lowest BCUT2D eigenvalue weighted by atomic mass is 9.44.